The van der Waals surface area contributed by atoms with Crippen molar-refractivity contribution in [2.45, 2.75) is 58.8 Å². The Hall–Kier alpha value is 0.440. The van der Waals surface area contributed by atoms with Gasteiger partial charge in [-0.1, -0.05) is 42.6 Å². The molecule has 1 aliphatic carbocycles. The maximum Gasteiger partial charge on any atom is 0.0100 e. The molecule has 2 fully saturated rings. The van der Waals surface area contributed by atoms with Gasteiger partial charge in [0.1, 0.15) is 0 Å². The summed E-state index contributed by atoms with van der Waals surface area (Å²) in [5.74, 6) is 1.85. The van der Waals surface area contributed by atoms with E-state index in [4.69, 9.17) is 0 Å². The van der Waals surface area contributed by atoms with E-state index < -0.39 is 0 Å². The lowest BCUT2D eigenvalue weighted by atomic mass is 9.88. The van der Waals surface area contributed by atoms with Crippen LogP contribution in [-0.2, 0) is 0 Å². The summed E-state index contributed by atoms with van der Waals surface area (Å²) < 4.78 is 0. The molecule has 0 bridgehead atoms. The van der Waals surface area contributed by atoms with Gasteiger partial charge in [0.25, 0.3) is 0 Å². The van der Waals surface area contributed by atoms with Crippen molar-refractivity contribution in [3.05, 3.63) is 0 Å². The van der Waals surface area contributed by atoms with Gasteiger partial charge in [0, 0.05) is 11.9 Å². The molecule has 106 valence electrons. The van der Waals surface area contributed by atoms with Gasteiger partial charge in [0.2, 0.25) is 0 Å². The van der Waals surface area contributed by atoms with Crippen LogP contribution in [0.1, 0.15) is 58.8 Å². The Kier molecular flexibility index (Phi) is 5.56. The molecule has 1 aliphatic heterocycles. The van der Waals surface area contributed by atoms with Crippen LogP contribution in [0.25, 0.3) is 0 Å². The first-order valence-corrected chi connectivity index (χ1v) is 9.06. The molecular formula is C16H30BrN. The van der Waals surface area contributed by atoms with Crippen molar-refractivity contribution in [1.82, 2.24) is 4.90 Å². The van der Waals surface area contributed by atoms with Crippen LogP contribution in [0.4, 0.5) is 0 Å². The fourth-order valence-electron chi connectivity index (χ4n) is 3.94. The standard InChI is InChI=1S/C16H30BrN/c1-14(2)15-6-5-10-18(11-7-15)13-16(12-17)8-3-4-9-16/h14-15H,3-13H2,1-2H3. The fraction of sp³-hybridized carbons (Fsp3) is 1.00. The van der Waals surface area contributed by atoms with Gasteiger partial charge in [-0.2, -0.15) is 0 Å². The number of likely N-dealkylation sites (tertiary alicyclic amines) is 1. The molecule has 1 saturated heterocycles. The van der Waals surface area contributed by atoms with E-state index in [-0.39, 0.29) is 0 Å². The second-order valence-electron chi connectivity index (χ2n) is 7.05. The third-order valence-corrected chi connectivity index (χ3v) is 6.50. The van der Waals surface area contributed by atoms with E-state index in [2.05, 4.69) is 34.7 Å². The summed E-state index contributed by atoms with van der Waals surface area (Å²) in [6.45, 7) is 8.84. The van der Waals surface area contributed by atoms with Crippen molar-refractivity contribution in [2.24, 2.45) is 17.3 Å². The summed E-state index contributed by atoms with van der Waals surface area (Å²) in [6.07, 6.45) is 10.1. The monoisotopic (exact) mass is 315 g/mol. The summed E-state index contributed by atoms with van der Waals surface area (Å²) in [6, 6.07) is 0. The van der Waals surface area contributed by atoms with E-state index in [1.807, 2.05) is 0 Å². The summed E-state index contributed by atoms with van der Waals surface area (Å²) >= 11 is 3.79. The zero-order valence-corrected chi connectivity index (χ0v) is 13.8. The minimum atomic E-state index is 0.609. The van der Waals surface area contributed by atoms with E-state index in [0.29, 0.717) is 5.41 Å². The van der Waals surface area contributed by atoms with Crippen molar-refractivity contribution >= 4 is 15.9 Å². The third kappa shape index (κ3) is 3.72. The number of halogens is 1. The molecule has 0 radical (unpaired) electrons. The van der Waals surface area contributed by atoms with Gasteiger partial charge < -0.3 is 4.90 Å². The maximum absolute atomic E-state index is 3.79. The van der Waals surface area contributed by atoms with Gasteiger partial charge in [0.15, 0.2) is 0 Å². The van der Waals surface area contributed by atoms with Crippen LogP contribution in [0.5, 0.6) is 0 Å². The molecule has 0 aromatic heterocycles. The van der Waals surface area contributed by atoms with Gasteiger partial charge in [-0.25, -0.2) is 0 Å². The predicted molar refractivity (Wildman–Crippen MR) is 83.3 cm³/mol. The fourth-order valence-corrected chi connectivity index (χ4v) is 4.68. The molecule has 18 heavy (non-hydrogen) atoms. The lowest BCUT2D eigenvalue weighted by Gasteiger charge is -2.33. The molecule has 0 spiro atoms. The molecule has 2 aliphatic rings. The van der Waals surface area contributed by atoms with Gasteiger partial charge in [-0.05, 0) is 62.4 Å². The molecule has 2 rings (SSSR count). The third-order valence-electron chi connectivity index (χ3n) is 5.31. The van der Waals surface area contributed by atoms with E-state index in [9.17, 15) is 0 Å². The Morgan fingerprint density at radius 2 is 1.83 bits per heavy atom. The van der Waals surface area contributed by atoms with Gasteiger partial charge in [0.05, 0.1) is 0 Å². The van der Waals surface area contributed by atoms with Gasteiger partial charge >= 0.3 is 0 Å². The number of nitrogens with zero attached hydrogens (tertiary/aromatic N) is 1. The molecule has 0 aromatic rings. The number of alkyl halides is 1. The Morgan fingerprint density at radius 3 is 2.44 bits per heavy atom. The summed E-state index contributed by atoms with van der Waals surface area (Å²) in [5.41, 5.74) is 0.609. The second-order valence-corrected chi connectivity index (χ2v) is 7.61. The first-order chi connectivity index (χ1) is 8.65. The van der Waals surface area contributed by atoms with Crippen molar-refractivity contribution in [2.75, 3.05) is 25.0 Å². The van der Waals surface area contributed by atoms with E-state index in [0.717, 1.165) is 11.8 Å². The highest BCUT2D eigenvalue weighted by molar-refractivity contribution is 9.09. The second kappa shape index (κ2) is 6.74. The smallest absolute Gasteiger partial charge is 0.0100 e. The normalized spacial score (nSPS) is 29.7. The topological polar surface area (TPSA) is 3.24 Å². The highest BCUT2D eigenvalue weighted by Gasteiger charge is 2.35. The molecule has 0 amide bonds. The number of hydrogen-bond donors (Lipinski definition) is 0. The van der Waals surface area contributed by atoms with Crippen molar-refractivity contribution < 1.29 is 0 Å². The van der Waals surface area contributed by atoms with Gasteiger partial charge in [-0.3, -0.25) is 0 Å². The average molecular weight is 316 g/mol. The van der Waals surface area contributed by atoms with Crippen LogP contribution in [0.15, 0.2) is 0 Å². The van der Waals surface area contributed by atoms with E-state index in [1.54, 1.807) is 0 Å². The maximum atomic E-state index is 3.79. The first-order valence-electron chi connectivity index (χ1n) is 7.93. The van der Waals surface area contributed by atoms with Crippen LogP contribution in [-0.4, -0.2) is 29.9 Å². The van der Waals surface area contributed by atoms with E-state index >= 15 is 0 Å². The van der Waals surface area contributed by atoms with Crippen LogP contribution in [0.3, 0.4) is 0 Å². The van der Waals surface area contributed by atoms with Gasteiger partial charge in [-0.15, -0.1) is 0 Å². The van der Waals surface area contributed by atoms with Crippen LogP contribution in [0.2, 0.25) is 0 Å². The van der Waals surface area contributed by atoms with Crippen LogP contribution >= 0.6 is 15.9 Å². The summed E-state index contributed by atoms with van der Waals surface area (Å²) in [7, 11) is 0. The Balaban J connectivity index is 1.86. The first kappa shape index (κ1) is 14.8. The van der Waals surface area contributed by atoms with Crippen molar-refractivity contribution in [3.63, 3.8) is 0 Å². The van der Waals surface area contributed by atoms with E-state index in [1.165, 1.54) is 69.9 Å². The Bertz CT molecular complexity index is 245. The highest BCUT2D eigenvalue weighted by Crippen LogP contribution is 2.40. The van der Waals surface area contributed by atoms with Crippen LogP contribution in [0, 0.1) is 17.3 Å². The Labute approximate surface area is 122 Å². The minimum Gasteiger partial charge on any atom is -0.303 e. The minimum absolute atomic E-state index is 0.609. The number of hydrogen-bond acceptors (Lipinski definition) is 1. The predicted octanol–water partition coefficient (Wildman–Crippen LogP) is 4.70. The SMILES string of the molecule is CC(C)C1CCCN(CC2(CBr)CCCC2)CC1. The van der Waals surface area contributed by atoms with Crippen molar-refractivity contribution in [3.8, 4) is 0 Å². The molecular weight excluding hydrogens is 286 g/mol. The molecule has 0 N–H and O–H groups in total. The zero-order valence-electron chi connectivity index (χ0n) is 12.3. The largest absolute Gasteiger partial charge is 0.303 e. The lowest BCUT2D eigenvalue weighted by molar-refractivity contribution is 0.174. The molecule has 1 heterocycles. The molecule has 1 atom stereocenters. The molecule has 1 saturated carbocycles. The highest BCUT2D eigenvalue weighted by atomic mass is 79.9. The zero-order chi connectivity index (χ0) is 13.0. The Morgan fingerprint density at radius 1 is 1.11 bits per heavy atom. The lowest BCUT2D eigenvalue weighted by Crippen LogP contribution is -2.38. The number of rotatable bonds is 4. The molecule has 1 nitrogen and oxygen atoms in total. The molecule has 1 unspecified atom stereocenters. The molecule has 2 heteroatoms. The summed E-state index contributed by atoms with van der Waals surface area (Å²) in [5, 5.41) is 1.21. The average Bonchev–Trinajstić information content (AvgIpc) is 2.69. The summed E-state index contributed by atoms with van der Waals surface area (Å²) in [4.78, 5) is 2.77. The van der Waals surface area contributed by atoms with Crippen LogP contribution < -0.4 is 0 Å². The van der Waals surface area contributed by atoms with Crippen molar-refractivity contribution in [1.29, 1.82) is 0 Å². The quantitative estimate of drug-likeness (QED) is 0.680. The molecule has 0 aromatic carbocycles.